The first-order valence-electron chi connectivity index (χ1n) is 8.11. The molecule has 1 N–H and O–H groups in total. The third-order valence-corrected chi connectivity index (χ3v) is 3.60. The molecule has 0 bridgehead atoms. The average molecular weight is 335 g/mol. The Labute approximate surface area is 148 Å². The van der Waals surface area contributed by atoms with E-state index in [0.29, 0.717) is 17.7 Å². The first-order chi connectivity index (χ1) is 11.9. The fourth-order valence-electron chi connectivity index (χ4n) is 2.46. The van der Waals surface area contributed by atoms with Gasteiger partial charge >= 0.3 is 0 Å². The number of hydrogen-bond acceptors (Lipinski definition) is 4. The highest BCUT2D eigenvalue weighted by atomic mass is 16.5. The molecule has 2 aromatic rings. The number of amides is 1. The Morgan fingerprint density at radius 1 is 1.40 bits per heavy atom. The number of carbonyl (C=O) groups excluding carboxylic acids is 1. The fraction of sp³-hybridized carbons (Fsp3) is 0.350. The molecule has 0 aliphatic carbocycles. The van der Waals surface area contributed by atoms with E-state index >= 15 is 0 Å². The summed E-state index contributed by atoms with van der Waals surface area (Å²) in [5.41, 5.74) is 0.634. The number of fused-ring (bicyclic) bond motifs is 1. The van der Waals surface area contributed by atoms with E-state index in [1.807, 2.05) is 26.8 Å². The van der Waals surface area contributed by atoms with Gasteiger partial charge in [-0.15, -0.1) is 5.92 Å². The number of ether oxygens (including phenoxy) is 1. The minimum absolute atomic E-state index is 0.209. The van der Waals surface area contributed by atoms with Crippen LogP contribution in [0.2, 0.25) is 0 Å². The lowest BCUT2D eigenvalue weighted by Gasteiger charge is -2.24. The van der Waals surface area contributed by atoms with Gasteiger partial charge in [0, 0.05) is 11.6 Å². The number of nitriles is 1. The van der Waals surface area contributed by atoms with Gasteiger partial charge in [0.1, 0.15) is 11.8 Å². The minimum Gasteiger partial charge on any atom is -0.481 e. The Kier molecular flexibility index (Phi) is 5.62. The molecule has 1 aromatic heterocycles. The summed E-state index contributed by atoms with van der Waals surface area (Å²) < 4.78 is 5.86. The normalized spacial score (nSPS) is 11.8. The summed E-state index contributed by atoms with van der Waals surface area (Å²) in [5.74, 6) is 6.12. The molecule has 0 saturated carbocycles. The maximum atomic E-state index is 12.5. The highest BCUT2D eigenvalue weighted by molar-refractivity contribution is 5.83. The van der Waals surface area contributed by atoms with Crippen LogP contribution >= 0.6 is 0 Å². The van der Waals surface area contributed by atoms with Gasteiger partial charge in [-0.25, -0.2) is 0 Å². The van der Waals surface area contributed by atoms with E-state index in [0.717, 1.165) is 10.9 Å². The fourth-order valence-corrected chi connectivity index (χ4v) is 2.46. The highest BCUT2D eigenvalue weighted by Crippen LogP contribution is 2.22. The van der Waals surface area contributed by atoms with Crippen LogP contribution in [-0.2, 0) is 4.79 Å². The van der Waals surface area contributed by atoms with Crippen LogP contribution in [-0.4, -0.2) is 22.5 Å². The highest BCUT2D eigenvalue weighted by Gasteiger charge is 2.24. The number of carbonyl (C=O) groups is 1. The average Bonchev–Trinajstić information content (AvgIpc) is 2.58. The maximum absolute atomic E-state index is 12.5. The van der Waals surface area contributed by atoms with Gasteiger partial charge in [-0.05, 0) is 51.5 Å². The summed E-state index contributed by atoms with van der Waals surface area (Å²) in [6.07, 6.45) is 1.43. The van der Waals surface area contributed by atoms with Crippen molar-refractivity contribution in [2.45, 2.75) is 45.8 Å². The summed E-state index contributed by atoms with van der Waals surface area (Å²) in [4.78, 5) is 16.7. The predicted octanol–water partition coefficient (Wildman–Crippen LogP) is 3.18. The summed E-state index contributed by atoms with van der Waals surface area (Å²) >= 11 is 0. The molecule has 1 heterocycles. The molecule has 0 aliphatic heterocycles. The Morgan fingerprint density at radius 3 is 2.80 bits per heavy atom. The van der Waals surface area contributed by atoms with Crippen molar-refractivity contribution in [3.63, 3.8) is 0 Å². The lowest BCUT2D eigenvalue weighted by Crippen LogP contribution is -2.48. The summed E-state index contributed by atoms with van der Waals surface area (Å²) in [7, 11) is 0. The van der Waals surface area contributed by atoms with Crippen molar-refractivity contribution in [2.24, 2.45) is 0 Å². The molecule has 5 nitrogen and oxygen atoms in total. The van der Waals surface area contributed by atoms with Crippen molar-refractivity contribution in [2.75, 3.05) is 0 Å². The van der Waals surface area contributed by atoms with Gasteiger partial charge in [-0.1, -0.05) is 12.8 Å². The van der Waals surface area contributed by atoms with Gasteiger partial charge in [-0.2, -0.15) is 5.26 Å². The number of pyridine rings is 1. The third kappa shape index (κ3) is 4.71. The summed E-state index contributed by atoms with van der Waals surface area (Å²) in [6.45, 7) is 7.32. The standard InChI is InChI=1S/C20H21N3O2/c1-5-9-20(3,4)23-19(24)18(6-2)25-16-7-8-17-15(11-16)10-14(12-21)13-22-17/h7-8,10-11,13,18H,6H2,1-4H3,(H,23,24). The van der Waals surface area contributed by atoms with Crippen molar-refractivity contribution in [1.29, 1.82) is 5.26 Å². The molecular formula is C20H21N3O2. The van der Waals surface area contributed by atoms with Gasteiger partial charge in [0.25, 0.3) is 5.91 Å². The van der Waals surface area contributed by atoms with E-state index in [1.165, 1.54) is 6.20 Å². The Morgan fingerprint density at radius 2 is 2.16 bits per heavy atom. The zero-order valence-electron chi connectivity index (χ0n) is 14.9. The first-order valence-corrected chi connectivity index (χ1v) is 8.11. The van der Waals surface area contributed by atoms with Crippen LogP contribution in [0.5, 0.6) is 5.75 Å². The molecule has 0 fully saturated rings. The van der Waals surface area contributed by atoms with Crippen LogP contribution in [0.15, 0.2) is 30.5 Å². The molecule has 1 aromatic carbocycles. The molecule has 0 aliphatic rings. The van der Waals surface area contributed by atoms with Crippen LogP contribution in [0, 0.1) is 23.2 Å². The van der Waals surface area contributed by atoms with Crippen molar-refractivity contribution in [3.05, 3.63) is 36.0 Å². The number of hydrogen-bond donors (Lipinski definition) is 1. The van der Waals surface area contributed by atoms with E-state index in [1.54, 1.807) is 25.1 Å². The van der Waals surface area contributed by atoms with Crippen molar-refractivity contribution in [3.8, 4) is 23.7 Å². The topological polar surface area (TPSA) is 75.0 Å². The quantitative estimate of drug-likeness (QED) is 0.852. The lowest BCUT2D eigenvalue weighted by atomic mass is 10.1. The Bertz CT molecular complexity index is 885. The van der Waals surface area contributed by atoms with Crippen LogP contribution in [0.25, 0.3) is 10.9 Å². The van der Waals surface area contributed by atoms with Crippen molar-refractivity contribution in [1.82, 2.24) is 10.3 Å². The summed E-state index contributed by atoms with van der Waals surface area (Å²) in [6, 6.07) is 9.18. The van der Waals surface area contributed by atoms with E-state index in [2.05, 4.69) is 28.2 Å². The summed E-state index contributed by atoms with van der Waals surface area (Å²) in [5, 5.41) is 12.7. The van der Waals surface area contributed by atoms with E-state index in [-0.39, 0.29) is 5.91 Å². The van der Waals surface area contributed by atoms with Crippen LogP contribution in [0.1, 0.15) is 39.7 Å². The second-order valence-electron chi connectivity index (χ2n) is 6.19. The second-order valence-corrected chi connectivity index (χ2v) is 6.19. The molecule has 0 radical (unpaired) electrons. The molecule has 5 heteroatoms. The molecule has 0 saturated heterocycles. The number of nitrogens with zero attached hydrogens (tertiary/aromatic N) is 2. The minimum atomic E-state index is -0.623. The van der Waals surface area contributed by atoms with Gasteiger partial charge in [0.2, 0.25) is 0 Å². The first kappa shape index (κ1) is 18.3. The van der Waals surface area contributed by atoms with Gasteiger partial charge < -0.3 is 10.1 Å². The maximum Gasteiger partial charge on any atom is 0.262 e. The smallest absolute Gasteiger partial charge is 0.262 e. The molecule has 1 unspecified atom stereocenters. The zero-order chi connectivity index (χ0) is 18.4. The van der Waals surface area contributed by atoms with E-state index < -0.39 is 11.6 Å². The van der Waals surface area contributed by atoms with Crippen molar-refractivity contribution < 1.29 is 9.53 Å². The molecule has 0 spiro atoms. The predicted molar refractivity (Wildman–Crippen MR) is 96.8 cm³/mol. The largest absolute Gasteiger partial charge is 0.481 e. The van der Waals surface area contributed by atoms with Crippen LogP contribution in [0.3, 0.4) is 0 Å². The van der Waals surface area contributed by atoms with Crippen LogP contribution in [0.4, 0.5) is 0 Å². The third-order valence-electron chi connectivity index (χ3n) is 3.60. The molecule has 2 rings (SSSR count). The molecule has 1 atom stereocenters. The van der Waals surface area contributed by atoms with Gasteiger partial charge in [-0.3, -0.25) is 9.78 Å². The van der Waals surface area contributed by atoms with Crippen LogP contribution < -0.4 is 10.1 Å². The molecule has 1 amide bonds. The van der Waals surface area contributed by atoms with Crippen molar-refractivity contribution >= 4 is 16.8 Å². The van der Waals surface area contributed by atoms with E-state index in [4.69, 9.17) is 10.00 Å². The SMILES string of the molecule is CC#CC(C)(C)NC(=O)C(CC)Oc1ccc2ncc(C#N)cc2c1. The van der Waals surface area contributed by atoms with Gasteiger partial charge in [0.05, 0.1) is 16.6 Å². The van der Waals surface area contributed by atoms with Gasteiger partial charge in [0.15, 0.2) is 6.10 Å². The van der Waals surface area contributed by atoms with E-state index in [9.17, 15) is 4.79 Å². The molecular weight excluding hydrogens is 314 g/mol. The number of nitrogens with one attached hydrogen (secondary N) is 1. The lowest BCUT2D eigenvalue weighted by molar-refractivity contribution is -0.129. The number of rotatable bonds is 5. The zero-order valence-corrected chi connectivity index (χ0v) is 14.9. The number of aromatic nitrogens is 1. The molecule has 128 valence electrons. The monoisotopic (exact) mass is 335 g/mol. The second kappa shape index (κ2) is 7.68. The number of benzene rings is 1. The Hall–Kier alpha value is -3.05. The Balaban J connectivity index is 2.20. The molecule has 25 heavy (non-hydrogen) atoms.